The molecule has 0 heterocycles. The Bertz CT molecular complexity index is 785. The van der Waals surface area contributed by atoms with Crippen LogP contribution in [0.25, 0.3) is 0 Å². The topological polar surface area (TPSA) is 95.9 Å². The Kier molecular flexibility index (Phi) is 8.04. The van der Waals surface area contributed by atoms with E-state index in [1.54, 1.807) is 30.3 Å². The molecule has 146 valence electrons. The zero-order valence-corrected chi connectivity index (χ0v) is 16.3. The Morgan fingerprint density at radius 2 is 1.74 bits per heavy atom. The first-order valence-corrected chi connectivity index (χ1v) is 10.7. The number of unbranched alkanes of at least 4 members (excludes halogenated alkanes) is 4. The fraction of sp³-hybridized carbons (Fsp3) is 0.350. The van der Waals surface area contributed by atoms with E-state index in [0.29, 0.717) is 23.6 Å². The minimum Gasteiger partial charge on any atom is -0.494 e. The first kappa shape index (κ1) is 21.2. The molecule has 0 aliphatic rings. The van der Waals surface area contributed by atoms with Crippen molar-refractivity contribution in [2.75, 3.05) is 11.9 Å². The predicted molar refractivity (Wildman–Crippen MR) is 107 cm³/mol. The number of ether oxygens (including phenoxy) is 1. The maximum absolute atomic E-state index is 12.3. The number of hydrogen-bond donors (Lipinski definition) is 3. The predicted octanol–water partition coefficient (Wildman–Crippen LogP) is 4.09. The van der Waals surface area contributed by atoms with Gasteiger partial charge < -0.3 is 19.8 Å². The van der Waals surface area contributed by atoms with Gasteiger partial charge in [0.25, 0.3) is 5.91 Å². The summed E-state index contributed by atoms with van der Waals surface area (Å²) in [6.45, 7) is 2.84. The summed E-state index contributed by atoms with van der Waals surface area (Å²) >= 11 is 0. The number of anilines is 1. The molecule has 0 bridgehead atoms. The van der Waals surface area contributed by atoms with Crippen LogP contribution in [0.1, 0.15) is 49.4 Å². The summed E-state index contributed by atoms with van der Waals surface area (Å²) < 4.78 is 17.0. The van der Waals surface area contributed by atoms with Crippen molar-refractivity contribution in [2.45, 2.75) is 39.0 Å². The van der Waals surface area contributed by atoms with E-state index in [0.717, 1.165) is 12.8 Å². The Balaban J connectivity index is 1.87. The van der Waals surface area contributed by atoms with E-state index in [4.69, 9.17) is 4.74 Å². The van der Waals surface area contributed by atoms with Crippen molar-refractivity contribution in [1.29, 1.82) is 0 Å². The molecule has 0 spiro atoms. The molecule has 2 rings (SSSR count). The summed E-state index contributed by atoms with van der Waals surface area (Å²) in [4.78, 5) is 30.7. The number of hydrogen-bond acceptors (Lipinski definition) is 3. The molecule has 0 atom stereocenters. The first-order valence-electron chi connectivity index (χ1n) is 9.10. The summed E-state index contributed by atoms with van der Waals surface area (Å²) in [5.41, 5.74) is 0.764. The van der Waals surface area contributed by atoms with E-state index in [9.17, 15) is 19.1 Å². The van der Waals surface area contributed by atoms with Crippen molar-refractivity contribution in [3.63, 3.8) is 0 Å². The Labute approximate surface area is 159 Å². The van der Waals surface area contributed by atoms with E-state index in [1.165, 1.54) is 37.5 Å². The van der Waals surface area contributed by atoms with Crippen LogP contribution in [0.15, 0.2) is 48.5 Å². The van der Waals surface area contributed by atoms with Gasteiger partial charge in [-0.2, -0.15) is 0 Å². The van der Waals surface area contributed by atoms with Crippen LogP contribution in [-0.2, 0) is 4.57 Å². The van der Waals surface area contributed by atoms with Gasteiger partial charge in [0.2, 0.25) is 0 Å². The van der Waals surface area contributed by atoms with Crippen molar-refractivity contribution in [3.05, 3.63) is 54.1 Å². The Morgan fingerprint density at radius 1 is 1.04 bits per heavy atom. The van der Waals surface area contributed by atoms with Gasteiger partial charge >= 0.3 is 7.60 Å². The average molecular weight is 391 g/mol. The lowest BCUT2D eigenvalue weighted by Crippen LogP contribution is -2.13. The maximum Gasteiger partial charge on any atom is 0.356 e. The van der Waals surface area contributed by atoms with Crippen molar-refractivity contribution < 1.29 is 23.9 Å². The maximum atomic E-state index is 12.3. The number of benzene rings is 2. The molecule has 7 heteroatoms. The van der Waals surface area contributed by atoms with Gasteiger partial charge in [0, 0.05) is 11.3 Å². The second-order valence-corrected chi connectivity index (χ2v) is 7.94. The second kappa shape index (κ2) is 10.3. The molecule has 0 aromatic heterocycles. The largest absolute Gasteiger partial charge is 0.494 e. The van der Waals surface area contributed by atoms with E-state index in [-0.39, 0.29) is 11.2 Å². The lowest BCUT2D eigenvalue weighted by molar-refractivity contribution is 0.102. The molecule has 2 aromatic carbocycles. The highest BCUT2D eigenvalue weighted by molar-refractivity contribution is 7.60. The number of nitrogens with one attached hydrogen (secondary N) is 1. The Hall–Kier alpha value is -2.14. The minimum atomic E-state index is -4.35. The summed E-state index contributed by atoms with van der Waals surface area (Å²) in [6.07, 6.45) is 5.86. The summed E-state index contributed by atoms with van der Waals surface area (Å²) in [5.74, 6) is 0.356. The fourth-order valence-electron chi connectivity index (χ4n) is 2.57. The van der Waals surface area contributed by atoms with Crippen molar-refractivity contribution >= 4 is 24.5 Å². The van der Waals surface area contributed by atoms with Crippen LogP contribution in [0.4, 0.5) is 5.69 Å². The van der Waals surface area contributed by atoms with Crippen LogP contribution in [0.3, 0.4) is 0 Å². The van der Waals surface area contributed by atoms with Crippen molar-refractivity contribution in [3.8, 4) is 5.75 Å². The highest BCUT2D eigenvalue weighted by Gasteiger charge is 2.17. The molecule has 0 aliphatic heterocycles. The van der Waals surface area contributed by atoms with Crippen LogP contribution in [0.2, 0.25) is 0 Å². The molecule has 6 nitrogen and oxygen atoms in total. The molecule has 0 saturated heterocycles. The summed E-state index contributed by atoms with van der Waals surface area (Å²) in [7, 11) is -4.35. The van der Waals surface area contributed by atoms with Crippen LogP contribution in [-0.4, -0.2) is 22.3 Å². The molecule has 3 N–H and O–H groups in total. The van der Waals surface area contributed by atoms with Gasteiger partial charge in [-0.15, -0.1) is 0 Å². The van der Waals surface area contributed by atoms with Gasteiger partial charge in [0.1, 0.15) is 5.75 Å². The first-order chi connectivity index (χ1) is 12.9. The fourth-order valence-corrected chi connectivity index (χ4v) is 3.15. The Morgan fingerprint density at radius 3 is 2.41 bits per heavy atom. The molecular weight excluding hydrogens is 365 g/mol. The number of carbonyl (C=O) groups excluding carboxylic acids is 1. The molecular formula is C20H26NO5P. The molecule has 0 saturated carbocycles. The number of rotatable bonds is 10. The zero-order valence-electron chi connectivity index (χ0n) is 15.4. The van der Waals surface area contributed by atoms with Crippen LogP contribution >= 0.6 is 7.60 Å². The molecule has 0 unspecified atom stereocenters. The van der Waals surface area contributed by atoms with Crippen molar-refractivity contribution in [1.82, 2.24) is 0 Å². The third-order valence-corrected chi connectivity index (χ3v) is 5.02. The lowest BCUT2D eigenvalue weighted by Gasteiger charge is -2.09. The molecule has 27 heavy (non-hydrogen) atoms. The van der Waals surface area contributed by atoms with Gasteiger partial charge in [-0.1, -0.05) is 38.7 Å². The van der Waals surface area contributed by atoms with E-state index in [2.05, 4.69) is 12.2 Å². The smallest absolute Gasteiger partial charge is 0.356 e. The number of amides is 1. The second-order valence-electron chi connectivity index (χ2n) is 6.34. The summed E-state index contributed by atoms with van der Waals surface area (Å²) in [6, 6.07) is 12.5. The third-order valence-electron chi connectivity index (χ3n) is 4.07. The van der Waals surface area contributed by atoms with E-state index < -0.39 is 7.60 Å². The molecule has 2 aromatic rings. The van der Waals surface area contributed by atoms with Gasteiger partial charge in [0.15, 0.2) is 0 Å². The SMILES string of the molecule is CCCCCCCOc1ccc(C(=O)Nc2cccc(P(=O)(O)O)c2)cc1. The van der Waals surface area contributed by atoms with Crippen LogP contribution in [0.5, 0.6) is 5.75 Å². The van der Waals surface area contributed by atoms with E-state index in [1.807, 2.05) is 0 Å². The van der Waals surface area contributed by atoms with Crippen LogP contribution in [0, 0.1) is 0 Å². The standard InChI is InChI=1S/C20H26NO5P/c1-2-3-4-5-6-14-26-18-12-10-16(11-13-18)20(22)21-17-8-7-9-19(15-17)27(23,24)25/h7-13,15H,2-6,14H2,1H3,(H,21,22)(H2,23,24,25). The van der Waals surface area contributed by atoms with E-state index >= 15 is 0 Å². The van der Waals surface area contributed by atoms with Gasteiger partial charge in [-0.25, -0.2) is 0 Å². The number of carbonyl (C=O) groups is 1. The molecule has 1 amide bonds. The van der Waals surface area contributed by atoms with Gasteiger partial charge in [-0.3, -0.25) is 9.36 Å². The van der Waals surface area contributed by atoms with Gasteiger partial charge in [0.05, 0.1) is 11.9 Å². The molecule has 0 radical (unpaired) electrons. The highest BCUT2D eigenvalue weighted by Crippen LogP contribution is 2.33. The average Bonchev–Trinajstić information content (AvgIpc) is 2.64. The monoisotopic (exact) mass is 391 g/mol. The third kappa shape index (κ3) is 7.18. The highest BCUT2D eigenvalue weighted by atomic mass is 31.2. The quantitative estimate of drug-likeness (QED) is 0.419. The van der Waals surface area contributed by atoms with Crippen LogP contribution < -0.4 is 15.4 Å². The molecule has 0 fully saturated rings. The summed E-state index contributed by atoms with van der Waals surface area (Å²) in [5, 5.41) is 2.50. The minimum absolute atomic E-state index is 0.136. The zero-order chi connectivity index (χ0) is 19.7. The lowest BCUT2D eigenvalue weighted by atomic mass is 10.1. The molecule has 0 aliphatic carbocycles. The van der Waals surface area contributed by atoms with Gasteiger partial charge in [-0.05, 0) is 48.9 Å². The van der Waals surface area contributed by atoms with Crippen molar-refractivity contribution in [2.24, 2.45) is 0 Å². The normalized spacial score (nSPS) is 11.2.